The number of hydrogen-bond donors (Lipinski definition) is 0. The number of terminal acetylenes is 1. The molecule has 0 bridgehead atoms. The van der Waals surface area contributed by atoms with E-state index in [0.29, 0.717) is 3.63 Å². The Morgan fingerprint density at radius 1 is 1.04 bits per heavy atom. The first-order chi connectivity index (χ1) is 12.3. The van der Waals surface area contributed by atoms with Crippen molar-refractivity contribution in [2.45, 2.75) is 21.9 Å². The quantitative estimate of drug-likeness (QED) is 0.424. The fourth-order valence-corrected chi connectivity index (χ4v) is 5.32. The number of hydrogen-bond acceptors (Lipinski definition) is 0. The van der Waals surface area contributed by atoms with E-state index in [-0.39, 0.29) is 5.41 Å². The molecule has 0 aromatic heterocycles. The Morgan fingerprint density at radius 2 is 1.72 bits per heavy atom. The van der Waals surface area contributed by atoms with Crippen LogP contribution in [0.5, 0.6) is 0 Å². The molecule has 2 aromatic carbocycles. The molecule has 4 rings (SSSR count). The average molecular weight is 423 g/mol. The summed E-state index contributed by atoms with van der Waals surface area (Å²) >= 11 is 6.19. The monoisotopic (exact) mass is 421 g/mol. The van der Waals surface area contributed by atoms with Crippen molar-refractivity contribution >= 4 is 11.6 Å². The predicted molar refractivity (Wildman–Crippen MR) is 104 cm³/mol. The van der Waals surface area contributed by atoms with Crippen molar-refractivity contribution < 1.29 is 24.7 Å². The first-order valence-electron chi connectivity index (χ1n) is 8.39. The molecule has 1 unspecified atom stereocenters. The standard InChI is InChI=1S/C22H17.CH3Cl.Zr/c1-2-3-13-22(14-6-7-15-22)21-12-8-11-19-18-10-5-4-9-17(18)16-20(19)21;1-2;/h1,4-12,14-16H,3,13H2;1H3;. The van der Waals surface area contributed by atoms with E-state index in [9.17, 15) is 0 Å². The maximum atomic E-state index is 5.56. The van der Waals surface area contributed by atoms with Crippen molar-refractivity contribution in [2.75, 3.05) is 6.38 Å². The minimum absolute atomic E-state index is 0.0332. The number of allylic oxidation sites excluding steroid dienone is 4. The third-order valence-corrected chi connectivity index (χ3v) is 6.51. The first kappa shape index (κ1) is 18.4. The fourth-order valence-electron chi connectivity index (χ4n) is 3.94. The molecule has 0 spiro atoms. The van der Waals surface area contributed by atoms with Crippen LogP contribution in [-0.4, -0.2) is 6.38 Å². The van der Waals surface area contributed by atoms with Crippen LogP contribution in [0.2, 0.25) is 0 Å². The molecule has 0 heterocycles. The van der Waals surface area contributed by atoms with Crippen LogP contribution in [0.15, 0.2) is 66.8 Å². The molecule has 2 aromatic rings. The Kier molecular flexibility index (Phi) is 5.83. The molecule has 0 nitrogen and oxygen atoms in total. The summed E-state index contributed by atoms with van der Waals surface area (Å²) < 4.78 is 0.523. The van der Waals surface area contributed by atoms with Crippen LogP contribution in [0, 0.1) is 12.3 Å². The molecule has 2 aliphatic rings. The number of benzene rings is 2. The van der Waals surface area contributed by atoms with Gasteiger partial charge < -0.3 is 0 Å². The summed E-state index contributed by atoms with van der Waals surface area (Å²) in [6, 6.07) is 15.6. The van der Waals surface area contributed by atoms with E-state index in [0.717, 1.165) is 12.8 Å². The second-order valence-electron chi connectivity index (χ2n) is 6.25. The van der Waals surface area contributed by atoms with Crippen molar-refractivity contribution in [1.29, 1.82) is 0 Å². The summed E-state index contributed by atoms with van der Waals surface area (Å²) in [6.07, 6.45) is 17.8. The van der Waals surface area contributed by atoms with Crippen molar-refractivity contribution in [3.63, 3.8) is 0 Å². The number of rotatable bonds is 3. The van der Waals surface area contributed by atoms with Crippen LogP contribution in [0.1, 0.15) is 33.2 Å². The second-order valence-corrected chi connectivity index (χ2v) is 7.67. The number of halogens is 1. The minimum Gasteiger partial charge on any atom is -0.130 e. The zero-order chi connectivity index (χ0) is 17.9. The van der Waals surface area contributed by atoms with Crippen molar-refractivity contribution in [3.05, 3.63) is 83.5 Å². The van der Waals surface area contributed by atoms with Gasteiger partial charge in [0.1, 0.15) is 0 Å². The summed E-state index contributed by atoms with van der Waals surface area (Å²) in [5.41, 5.74) is 7.21. The van der Waals surface area contributed by atoms with Crippen LogP contribution >= 0.6 is 11.6 Å². The van der Waals surface area contributed by atoms with Gasteiger partial charge in [-0.2, -0.15) is 0 Å². The summed E-state index contributed by atoms with van der Waals surface area (Å²) in [6.45, 7) is 0. The first-order valence-corrected chi connectivity index (χ1v) is 10.6. The zero-order valence-corrected chi connectivity index (χ0v) is 17.5. The Balaban J connectivity index is 0.000000880. The van der Waals surface area contributed by atoms with Gasteiger partial charge in [0.05, 0.1) is 0 Å². The van der Waals surface area contributed by atoms with E-state index in [1.165, 1.54) is 34.2 Å². The Morgan fingerprint density at radius 3 is 2.44 bits per heavy atom. The molecule has 0 N–H and O–H groups in total. The van der Waals surface area contributed by atoms with E-state index >= 15 is 0 Å². The van der Waals surface area contributed by atoms with Gasteiger partial charge in [0.25, 0.3) is 0 Å². The Hall–Kier alpha value is -1.35. The summed E-state index contributed by atoms with van der Waals surface area (Å²) in [5.74, 6) is 2.82. The predicted octanol–water partition coefficient (Wildman–Crippen LogP) is 5.94. The molecule has 0 saturated heterocycles. The number of fused-ring (bicyclic) bond motifs is 3. The van der Waals surface area contributed by atoms with Gasteiger partial charge in [-0.05, 0) is 0 Å². The zero-order valence-electron chi connectivity index (χ0n) is 14.3. The van der Waals surface area contributed by atoms with Gasteiger partial charge in [-0.15, -0.1) is 11.6 Å². The van der Waals surface area contributed by atoms with Crippen molar-refractivity contribution in [2.24, 2.45) is 0 Å². The van der Waals surface area contributed by atoms with Gasteiger partial charge in [0.2, 0.25) is 0 Å². The fraction of sp³-hybridized carbons (Fsp3) is 0.217. The van der Waals surface area contributed by atoms with Crippen LogP contribution in [0.4, 0.5) is 0 Å². The maximum Gasteiger partial charge on any atom is 0.0108 e. The molecule has 0 aliphatic heterocycles. The number of alkyl halides is 1. The van der Waals surface area contributed by atoms with Crippen LogP contribution < -0.4 is 0 Å². The van der Waals surface area contributed by atoms with E-state index < -0.39 is 0 Å². The molecule has 2 aliphatic carbocycles. The third kappa shape index (κ3) is 3.12. The van der Waals surface area contributed by atoms with Gasteiger partial charge in [-0.3, -0.25) is 0 Å². The van der Waals surface area contributed by atoms with E-state index in [2.05, 4.69) is 84.3 Å². The molecular formula is C23H20ClZr. The van der Waals surface area contributed by atoms with Crippen LogP contribution in [-0.2, 0) is 30.1 Å². The largest absolute Gasteiger partial charge is 0.130 e. The van der Waals surface area contributed by atoms with Crippen LogP contribution in [0.3, 0.4) is 0 Å². The molecule has 2 heteroatoms. The topological polar surface area (TPSA) is 0 Å². The van der Waals surface area contributed by atoms with E-state index in [4.69, 9.17) is 6.42 Å². The molecule has 1 atom stereocenters. The van der Waals surface area contributed by atoms with Gasteiger partial charge in [-0.1, -0.05) is 0 Å². The normalized spacial score (nSPS) is 18.0. The molecule has 0 fully saturated rings. The summed E-state index contributed by atoms with van der Waals surface area (Å²) in [7, 11) is 0. The summed E-state index contributed by atoms with van der Waals surface area (Å²) in [5, 5.41) is 0. The Labute approximate surface area is 170 Å². The van der Waals surface area contributed by atoms with Crippen molar-refractivity contribution in [1.82, 2.24) is 0 Å². The molecule has 123 valence electrons. The third-order valence-electron chi connectivity index (χ3n) is 5.04. The van der Waals surface area contributed by atoms with E-state index in [1.807, 2.05) is 0 Å². The van der Waals surface area contributed by atoms with Gasteiger partial charge in [-0.25, -0.2) is 0 Å². The minimum atomic E-state index is -0.0332. The molecular weight excluding hydrogens is 403 g/mol. The summed E-state index contributed by atoms with van der Waals surface area (Å²) in [4.78, 5) is 0. The maximum absolute atomic E-state index is 5.56. The van der Waals surface area contributed by atoms with Gasteiger partial charge >= 0.3 is 154 Å². The SMILES string of the molecule is C#CCCC1(c2cccc3c2[CH]([Zr])c2ccccc2-3)C=CC=C1.CCl. The molecule has 25 heavy (non-hydrogen) atoms. The van der Waals surface area contributed by atoms with Crippen LogP contribution in [0.25, 0.3) is 11.1 Å². The molecule has 0 amide bonds. The molecule has 0 saturated carbocycles. The smallest absolute Gasteiger partial charge is 0.0108 e. The van der Waals surface area contributed by atoms with Gasteiger partial charge in [0.15, 0.2) is 0 Å². The molecule has 0 radical (unpaired) electrons. The van der Waals surface area contributed by atoms with Crippen molar-refractivity contribution in [3.8, 4) is 23.5 Å². The van der Waals surface area contributed by atoms with Gasteiger partial charge in [0, 0.05) is 6.38 Å². The average Bonchev–Trinajstić information content (AvgIpc) is 3.27. The van der Waals surface area contributed by atoms with E-state index in [1.54, 1.807) is 24.7 Å². The second kappa shape index (κ2) is 7.91. The Bertz CT molecular complexity index is 858.